The number of aromatic nitrogens is 1. The highest BCUT2D eigenvalue weighted by Gasteiger charge is 2.30. The molecule has 1 aliphatic heterocycles. The smallest absolute Gasteiger partial charge is 0.236 e. The molecule has 1 N–H and O–H groups in total. The molecule has 156 valence electrons. The van der Waals surface area contributed by atoms with Gasteiger partial charge in [0.25, 0.3) is 0 Å². The average molecular weight is 426 g/mol. The van der Waals surface area contributed by atoms with E-state index in [0.29, 0.717) is 48.6 Å². The van der Waals surface area contributed by atoms with Gasteiger partial charge in [-0.1, -0.05) is 30.3 Å². The zero-order valence-electron chi connectivity index (χ0n) is 16.6. The molecule has 1 fully saturated rings. The number of aryl methyl sites for hydroxylation is 1. The lowest BCUT2D eigenvalue weighted by Gasteiger charge is -2.29. The molecular formula is C22H23N3O4S. The van der Waals surface area contributed by atoms with Gasteiger partial charge >= 0.3 is 0 Å². The van der Waals surface area contributed by atoms with Crippen LogP contribution in [0.5, 0.6) is 0 Å². The number of carbonyl (C=O) groups excluding carboxylic acids is 1. The fourth-order valence-corrected chi connectivity index (χ4v) is 4.77. The molecule has 1 aliphatic rings. The van der Waals surface area contributed by atoms with Gasteiger partial charge in [-0.2, -0.15) is 4.31 Å². The van der Waals surface area contributed by atoms with E-state index in [4.69, 9.17) is 4.42 Å². The summed E-state index contributed by atoms with van der Waals surface area (Å²) in [6, 6.07) is 14.6. The molecule has 1 aromatic heterocycles. The van der Waals surface area contributed by atoms with E-state index in [1.807, 2.05) is 30.3 Å². The van der Waals surface area contributed by atoms with Gasteiger partial charge < -0.3 is 9.73 Å². The van der Waals surface area contributed by atoms with E-state index >= 15 is 0 Å². The SMILES string of the molecule is Cc1nc2cc(NC(=O)C3CCN(S(=O)(=O)/C=C/c4ccccc4)CC3)ccc2o1. The monoisotopic (exact) mass is 425 g/mol. The van der Waals surface area contributed by atoms with Crippen LogP contribution in [-0.2, 0) is 14.8 Å². The first-order valence-corrected chi connectivity index (χ1v) is 11.3. The van der Waals surface area contributed by atoms with Crippen LogP contribution in [0.4, 0.5) is 5.69 Å². The van der Waals surface area contributed by atoms with Crippen molar-refractivity contribution in [3.63, 3.8) is 0 Å². The predicted molar refractivity (Wildman–Crippen MR) is 116 cm³/mol. The van der Waals surface area contributed by atoms with Crippen molar-refractivity contribution in [2.45, 2.75) is 19.8 Å². The van der Waals surface area contributed by atoms with Crippen molar-refractivity contribution in [2.75, 3.05) is 18.4 Å². The summed E-state index contributed by atoms with van der Waals surface area (Å²) in [5.74, 6) is 0.235. The lowest BCUT2D eigenvalue weighted by Crippen LogP contribution is -2.40. The fourth-order valence-electron chi connectivity index (χ4n) is 3.55. The third kappa shape index (κ3) is 4.60. The van der Waals surface area contributed by atoms with Crippen LogP contribution in [0.1, 0.15) is 24.3 Å². The van der Waals surface area contributed by atoms with Gasteiger partial charge in [-0.15, -0.1) is 0 Å². The molecule has 0 saturated carbocycles. The minimum Gasteiger partial charge on any atom is -0.441 e. The molecule has 0 bridgehead atoms. The highest BCUT2D eigenvalue weighted by molar-refractivity contribution is 7.92. The normalized spacial score (nSPS) is 16.3. The van der Waals surface area contributed by atoms with Gasteiger partial charge in [-0.25, -0.2) is 13.4 Å². The van der Waals surface area contributed by atoms with Crippen molar-refractivity contribution < 1.29 is 17.6 Å². The Labute approximate surface area is 175 Å². The maximum atomic E-state index is 12.6. The summed E-state index contributed by atoms with van der Waals surface area (Å²) in [5, 5.41) is 4.14. The Hall–Kier alpha value is -2.97. The average Bonchev–Trinajstić information content (AvgIpc) is 3.12. The van der Waals surface area contributed by atoms with Crippen molar-refractivity contribution in [1.82, 2.24) is 9.29 Å². The Morgan fingerprint density at radius 3 is 2.63 bits per heavy atom. The highest BCUT2D eigenvalue weighted by Crippen LogP contribution is 2.24. The zero-order chi connectivity index (χ0) is 21.1. The van der Waals surface area contributed by atoms with Gasteiger partial charge in [0.1, 0.15) is 5.52 Å². The van der Waals surface area contributed by atoms with Crippen LogP contribution in [-0.4, -0.2) is 36.7 Å². The molecule has 3 aromatic rings. The first-order chi connectivity index (χ1) is 14.4. The molecule has 0 spiro atoms. The zero-order valence-corrected chi connectivity index (χ0v) is 17.4. The minimum absolute atomic E-state index is 0.105. The molecule has 4 rings (SSSR count). The molecule has 30 heavy (non-hydrogen) atoms. The van der Waals surface area contributed by atoms with Gasteiger partial charge in [0.15, 0.2) is 11.5 Å². The van der Waals surface area contributed by atoms with Crippen LogP contribution in [0.15, 0.2) is 58.4 Å². The highest BCUT2D eigenvalue weighted by atomic mass is 32.2. The molecule has 1 amide bonds. The summed E-state index contributed by atoms with van der Waals surface area (Å²) >= 11 is 0. The first-order valence-electron chi connectivity index (χ1n) is 9.82. The second-order valence-corrected chi connectivity index (χ2v) is 9.15. The van der Waals surface area contributed by atoms with Crippen LogP contribution >= 0.6 is 0 Å². The van der Waals surface area contributed by atoms with Crippen molar-refractivity contribution in [2.24, 2.45) is 5.92 Å². The Bertz CT molecular complexity index is 1180. The summed E-state index contributed by atoms with van der Waals surface area (Å²) in [6.45, 7) is 2.41. The van der Waals surface area contributed by atoms with Crippen molar-refractivity contribution in [3.05, 3.63) is 65.4 Å². The largest absolute Gasteiger partial charge is 0.441 e. The van der Waals surface area contributed by atoms with Crippen LogP contribution in [0, 0.1) is 12.8 Å². The summed E-state index contributed by atoms with van der Waals surface area (Å²) < 4.78 is 32.0. The number of nitrogens with one attached hydrogen (secondary N) is 1. The quantitative estimate of drug-likeness (QED) is 0.671. The van der Waals surface area contributed by atoms with E-state index in [0.717, 1.165) is 5.56 Å². The Balaban J connectivity index is 1.35. The number of sulfonamides is 1. The maximum Gasteiger partial charge on any atom is 0.236 e. The van der Waals surface area contributed by atoms with Crippen molar-refractivity contribution in [1.29, 1.82) is 0 Å². The Morgan fingerprint density at radius 1 is 1.17 bits per heavy atom. The standard InChI is InChI=1S/C22H23N3O4S/c1-16-23-20-15-19(7-8-21(20)29-16)24-22(26)18-9-12-25(13-10-18)30(27,28)14-11-17-5-3-2-4-6-17/h2-8,11,14-15,18H,9-10,12-13H2,1H3,(H,24,26)/b14-11+. The van der Waals surface area contributed by atoms with Gasteiger partial charge in [0.2, 0.25) is 15.9 Å². The van der Waals surface area contributed by atoms with E-state index in [2.05, 4.69) is 10.3 Å². The third-order valence-electron chi connectivity index (χ3n) is 5.18. The molecule has 0 atom stereocenters. The summed E-state index contributed by atoms with van der Waals surface area (Å²) in [6.07, 6.45) is 2.56. The molecule has 1 saturated heterocycles. The van der Waals surface area contributed by atoms with Gasteiger partial charge in [-0.3, -0.25) is 4.79 Å². The number of benzene rings is 2. The Kier molecular flexibility index (Phi) is 5.69. The summed E-state index contributed by atoms with van der Waals surface area (Å²) in [7, 11) is -3.51. The second kappa shape index (κ2) is 8.41. The fraction of sp³-hybridized carbons (Fsp3) is 0.273. The number of carbonyl (C=O) groups is 1. The first kappa shape index (κ1) is 20.3. The number of fused-ring (bicyclic) bond motifs is 1. The van der Waals surface area contributed by atoms with Crippen LogP contribution < -0.4 is 5.32 Å². The molecule has 0 radical (unpaired) electrons. The van der Waals surface area contributed by atoms with Crippen LogP contribution in [0.25, 0.3) is 17.2 Å². The molecule has 0 unspecified atom stereocenters. The molecule has 0 aliphatic carbocycles. The van der Waals surface area contributed by atoms with Crippen molar-refractivity contribution >= 4 is 38.8 Å². The number of amides is 1. The van der Waals surface area contributed by atoms with E-state index in [1.54, 1.807) is 31.2 Å². The topological polar surface area (TPSA) is 92.5 Å². The number of hydrogen-bond acceptors (Lipinski definition) is 5. The van der Waals surface area contributed by atoms with Gasteiger partial charge in [-0.05, 0) is 42.7 Å². The van der Waals surface area contributed by atoms with E-state index in [1.165, 1.54) is 9.71 Å². The van der Waals surface area contributed by atoms with E-state index in [-0.39, 0.29) is 11.8 Å². The Morgan fingerprint density at radius 2 is 1.90 bits per heavy atom. The lowest BCUT2D eigenvalue weighted by molar-refractivity contribution is -0.120. The van der Waals surface area contributed by atoms with Crippen LogP contribution in [0.2, 0.25) is 0 Å². The van der Waals surface area contributed by atoms with E-state index < -0.39 is 10.0 Å². The number of anilines is 1. The number of rotatable bonds is 5. The lowest BCUT2D eigenvalue weighted by atomic mass is 9.97. The number of hydrogen-bond donors (Lipinski definition) is 1. The van der Waals surface area contributed by atoms with Crippen molar-refractivity contribution in [3.8, 4) is 0 Å². The summed E-state index contributed by atoms with van der Waals surface area (Å²) in [4.78, 5) is 16.9. The number of nitrogens with zero attached hydrogens (tertiary/aromatic N) is 2. The second-order valence-electron chi connectivity index (χ2n) is 7.34. The predicted octanol–water partition coefficient (Wildman–Crippen LogP) is 3.79. The number of oxazole rings is 1. The number of piperidine rings is 1. The van der Waals surface area contributed by atoms with Gasteiger partial charge in [0.05, 0.1) is 0 Å². The molecule has 7 nitrogen and oxygen atoms in total. The molecule has 2 heterocycles. The third-order valence-corrected chi connectivity index (χ3v) is 6.74. The minimum atomic E-state index is -3.51. The summed E-state index contributed by atoms with van der Waals surface area (Å²) in [5.41, 5.74) is 2.85. The molecular weight excluding hydrogens is 402 g/mol. The van der Waals surface area contributed by atoms with Crippen LogP contribution in [0.3, 0.4) is 0 Å². The maximum absolute atomic E-state index is 12.6. The van der Waals surface area contributed by atoms with E-state index in [9.17, 15) is 13.2 Å². The van der Waals surface area contributed by atoms with Gasteiger partial charge in [0, 0.05) is 37.0 Å². The molecule has 8 heteroatoms. The molecule has 2 aromatic carbocycles.